The molecule has 4 heteroatoms. The molecule has 1 fully saturated rings. The number of rotatable bonds is 9. The van der Waals surface area contributed by atoms with Gasteiger partial charge in [-0.15, -0.1) is 0 Å². The topological polar surface area (TPSA) is 39.7 Å². The summed E-state index contributed by atoms with van der Waals surface area (Å²) in [5.74, 6) is 1.62. The normalized spacial score (nSPS) is 17.9. The average Bonchev–Trinajstić information content (AvgIpc) is 3.02. The number of ether oxygens (including phenoxy) is 3. The predicted octanol–water partition coefficient (Wildman–Crippen LogP) is 3.14. The van der Waals surface area contributed by atoms with Gasteiger partial charge in [0.2, 0.25) is 0 Å². The molecule has 118 valence electrons. The quantitative estimate of drug-likeness (QED) is 0.710. The largest absolute Gasteiger partial charge is 0.493 e. The van der Waals surface area contributed by atoms with Crippen molar-refractivity contribution < 1.29 is 14.2 Å². The Hall–Kier alpha value is -1.26. The fraction of sp³-hybridized carbons (Fsp3) is 0.647. The van der Waals surface area contributed by atoms with Gasteiger partial charge in [-0.25, -0.2) is 0 Å². The van der Waals surface area contributed by atoms with E-state index in [0.29, 0.717) is 12.7 Å². The molecule has 0 bridgehead atoms. The minimum Gasteiger partial charge on any atom is -0.493 e. The summed E-state index contributed by atoms with van der Waals surface area (Å²) in [5.41, 5.74) is 1.21. The van der Waals surface area contributed by atoms with Crippen molar-refractivity contribution in [2.45, 2.75) is 45.3 Å². The first-order valence-corrected chi connectivity index (χ1v) is 7.95. The van der Waals surface area contributed by atoms with Crippen molar-refractivity contribution in [1.82, 2.24) is 5.32 Å². The first-order chi connectivity index (χ1) is 10.3. The Labute approximate surface area is 127 Å². The van der Waals surface area contributed by atoms with E-state index in [9.17, 15) is 0 Å². The van der Waals surface area contributed by atoms with Gasteiger partial charge in [0.15, 0.2) is 11.5 Å². The molecule has 1 unspecified atom stereocenters. The lowest BCUT2D eigenvalue weighted by Gasteiger charge is -2.14. The molecule has 2 rings (SSSR count). The van der Waals surface area contributed by atoms with Crippen LogP contribution in [0.15, 0.2) is 18.2 Å². The van der Waals surface area contributed by atoms with Crippen LogP contribution in [0.25, 0.3) is 0 Å². The molecular formula is C17H27NO3. The van der Waals surface area contributed by atoms with Crippen molar-refractivity contribution in [1.29, 1.82) is 0 Å². The summed E-state index contributed by atoms with van der Waals surface area (Å²) < 4.78 is 16.9. The van der Waals surface area contributed by atoms with Gasteiger partial charge in [0, 0.05) is 19.6 Å². The van der Waals surface area contributed by atoms with E-state index in [1.54, 1.807) is 7.11 Å². The molecule has 1 aromatic rings. The number of methoxy groups -OCH3 is 1. The van der Waals surface area contributed by atoms with Crippen molar-refractivity contribution in [3.63, 3.8) is 0 Å². The van der Waals surface area contributed by atoms with E-state index in [4.69, 9.17) is 14.2 Å². The standard InChI is InChI=1S/C17H27NO3/c1-3-9-18-13-14-6-7-16(17(12-14)19-2)21-11-8-15-5-4-10-20-15/h6-7,12,15,18H,3-5,8-11,13H2,1-2H3. The molecule has 1 atom stereocenters. The second kappa shape index (κ2) is 8.90. The van der Waals surface area contributed by atoms with Crippen LogP contribution in [0.2, 0.25) is 0 Å². The first-order valence-electron chi connectivity index (χ1n) is 7.95. The SMILES string of the molecule is CCCNCc1ccc(OCCC2CCCO2)c(OC)c1. The van der Waals surface area contributed by atoms with Crippen molar-refractivity contribution >= 4 is 0 Å². The maximum Gasteiger partial charge on any atom is 0.161 e. The number of benzene rings is 1. The van der Waals surface area contributed by atoms with E-state index in [-0.39, 0.29) is 0 Å². The van der Waals surface area contributed by atoms with Gasteiger partial charge in [0.1, 0.15) is 0 Å². The highest BCUT2D eigenvalue weighted by Crippen LogP contribution is 2.28. The molecule has 0 amide bonds. The van der Waals surface area contributed by atoms with E-state index in [2.05, 4.69) is 18.3 Å². The van der Waals surface area contributed by atoms with Crippen LogP contribution in [0, 0.1) is 0 Å². The molecule has 1 aromatic carbocycles. The molecule has 1 heterocycles. The van der Waals surface area contributed by atoms with Crippen LogP contribution in [-0.2, 0) is 11.3 Å². The van der Waals surface area contributed by atoms with Gasteiger partial charge in [-0.1, -0.05) is 13.0 Å². The maximum atomic E-state index is 5.85. The molecule has 0 aliphatic carbocycles. The Morgan fingerprint density at radius 2 is 2.24 bits per heavy atom. The Balaban J connectivity index is 1.83. The van der Waals surface area contributed by atoms with Gasteiger partial charge in [0.25, 0.3) is 0 Å². The Morgan fingerprint density at radius 1 is 1.33 bits per heavy atom. The minimum absolute atomic E-state index is 0.369. The fourth-order valence-corrected chi connectivity index (χ4v) is 2.52. The second-order valence-electron chi connectivity index (χ2n) is 5.43. The monoisotopic (exact) mass is 293 g/mol. The molecular weight excluding hydrogens is 266 g/mol. The molecule has 0 radical (unpaired) electrons. The summed E-state index contributed by atoms with van der Waals surface area (Å²) in [6, 6.07) is 6.13. The molecule has 1 aliphatic heterocycles. The van der Waals surface area contributed by atoms with Crippen LogP contribution in [0.3, 0.4) is 0 Å². The Bertz CT molecular complexity index is 416. The Morgan fingerprint density at radius 3 is 2.95 bits per heavy atom. The van der Waals surface area contributed by atoms with E-state index >= 15 is 0 Å². The van der Waals surface area contributed by atoms with Gasteiger partial charge >= 0.3 is 0 Å². The average molecular weight is 293 g/mol. The molecule has 4 nitrogen and oxygen atoms in total. The van der Waals surface area contributed by atoms with E-state index in [0.717, 1.165) is 50.5 Å². The molecule has 1 N–H and O–H groups in total. The van der Waals surface area contributed by atoms with Crippen molar-refractivity contribution in [2.24, 2.45) is 0 Å². The van der Waals surface area contributed by atoms with E-state index < -0.39 is 0 Å². The summed E-state index contributed by atoms with van der Waals surface area (Å²) in [5, 5.41) is 3.39. The zero-order valence-electron chi connectivity index (χ0n) is 13.2. The van der Waals surface area contributed by atoms with Gasteiger partial charge in [-0.3, -0.25) is 0 Å². The van der Waals surface area contributed by atoms with Gasteiger partial charge in [-0.2, -0.15) is 0 Å². The van der Waals surface area contributed by atoms with Crippen LogP contribution in [0.1, 0.15) is 38.2 Å². The van der Waals surface area contributed by atoms with Crippen LogP contribution in [-0.4, -0.2) is 33.0 Å². The minimum atomic E-state index is 0.369. The smallest absolute Gasteiger partial charge is 0.161 e. The highest BCUT2D eigenvalue weighted by atomic mass is 16.5. The third-order valence-corrected chi connectivity index (χ3v) is 3.71. The summed E-state index contributed by atoms with van der Waals surface area (Å²) in [6.07, 6.45) is 4.79. The van der Waals surface area contributed by atoms with Crippen molar-refractivity contribution in [2.75, 3.05) is 26.9 Å². The number of nitrogens with one attached hydrogen (secondary N) is 1. The zero-order chi connectivity index (χ0) is 14.9. The molecule has 0 spiro atoms. The third-order valence-electron chi connectivity index (χ3n) is 3.71. The van der Waals surface area contributed by atoms with Gasteiger partial charge in [0.05, 0.1) is 19.8 Å². The van der Waals surface area contributed by atoms with Gasteiger partial charge < -0.3 is 19.5 Å². The predicted molar refractivity (Wildman–Crippen MR) is 84.1 cm³/mol. The number of hydrogen-bond acceptors (Lipinski definition) is 4. The Kier molecular flexibility index (Phi) is 6.83. The summed E-state index contributed by atoms with van der Waals surface area (Å²) >= 11 is 0. The molecule has 1 saturated heterocycles. The highest BCUT2D eigenvalue weighted by molar-refractivity contribution is 5.42. The van der Waals surface area contributed by atoms with Crippen LogP contribution in [0.4, 0.5) is 0 Å². The van der Waals surface area contributed by atoms with Crippen molar-refractivity contribution in [3.8, 4) is 11.5 Å². The molecule has 1 aliphatic rings. The van der Waals surface area contributed by atoms with Crippen LogP contribution < -0.4 is 14.8 Å². The summed E-state index contributed by atoms with van der Waals surface area (Å²) in [6.45, 7) is 5.63. The zero-order valence-corrected chi connectivity index (χ0v) is 13.2. The summed E-state index contributed by atoms with van der Waals surface area (Å²) in [4.78, 5) is 0. The lowest BCUT2D eigenvalue weighted by Crippen LogP contribution is -2.14. The maximum absolute atomic E-state index is 5.85. The highest BCUT2D eigenvalue weighted by Gasteiger charge is 2.15. The lowest BCUT2D eigenvalue weighted by molar-refractivity contribution is 0.0899. The third kappa shape index (κ3) is 5.21. The molecule has 0 aromatic heterocycles. The first kappa shape index (κ1) is 16.1. The van der Waals surface area contributed by atoms with Crippen LogP contribution in [0.5, 0.6) is 11.5 Å². The van der Waals surface area contributed by atoms with E-state index in [1.165, 1.54) is 12.0 Å². The van der Waals surface area contributed by atoms with Crippen molar-refractivity contribution in [3.05, 3.63) is 23.8 Å². The van der Waals surface area contributed by atoms with E-state index in [1.807, 2.05) is 12.1 Å². The molecule has 0 saturated carbocycles. The van der Waals surface area contributed by atoms with Crippen LogP contribution >= 0.6 is 0 Å². The van der Waals surface area contributed by atoms with Gasteiger partial charge in [-0.05, 0) is 43.5 Å². The summed E-state index contributed by atoms with van der Waals surface area (Å²) in [7, 11) is 1.69. The lowest BCUT2D eigenvalue weighted by atomic mass is 10.2. The fourth-order valence-electron chi connectivity index (χ4n) is 2.52. The second-order valence-corrected chi connectivity index (χ2v) is 5.43. The number of hydrogen-bond donors (Lipinski definition) is 1. The molecule has 21 heavy (non-hydrogen) atoms.